The molecule has 0 amide bonds. The van der Waals surface area contributed by atoms with Gasteiger partial charge in [0.25, 0.3) is 0 Å². The van der Waals surface area contributed by atoms with Crippen molar-refractivity contribution in [1.29, 1.82) is 5.26 Å². The third-order valence-electron chi connectivity index (χ3n) is 1.97. The molecule has 0 saturated carbocycles. The van der Waals surface area contributed by atoms with Crippen LogP contribution in [0.2, 0.25) is 0 Å². The fourth-order valence-corrected chi connectivity index (χ4v) is 1.28. The van der Waals surface area contributed by atoms with Crippen LogP contribution in [0.25, 0.3) is 0 Å². The summed E-state index contributed by atoms with van der Waals surface area (Å²) in [6.45, 7) is 3.58. The fourth-order valence-electron chi connectivity index (χ4n) is 1.28. The van der Waals surface area contributed by atoms with Crippen LogP contribution in [0, 0.1) is 28.8 Å². The highest BCUT2D eigenvalue weighted by molar-refractivity contribution is 5.26. The maximum Gasteiger partial charge on any atom is 0.194 e. The number of rotatable bonds is 3. The third-order valence-corrected chi connectivity index (χ3v) is 1.97. The molecule has 0 aliphatic carbocycles. The lowest BCUT2D eigenvalue weighted by Crippen LogP contribution is -2.27. The Hall–Kier alpha value is -1.54. The number of nitrogens with one attached hydrogen (secondary N) is 1. The van der Waals surface area contributed by atoms with Gasteiger partial charge in [-0.3, -0.25) is 5.32 Å². The van der Waals surface area contributed by atoms with Crippen LogP contribution in [0.1, 0.15) is 25.5 Å². The van der Waals surface area contributed by atoms with E-state index >= 15 is 0 Å². The van der Waals surface area contributed by atoms with Crippen molar-refractivity contribution < 1.29 is 13.2 Å². The summed E-state index contributed by atoms with van der Waals surface area (Å²) >= 11 is 0. The van der Waals surface area contributed by atoms with Crippen molar-refractivity contribution in [3.63, 3.8) is 0 Å². The molecule has 0 radical (unpaired) electrons. The van der Waals surface area contributed by atoms with Gasteiger partial charge in [-0.05, 0) is 31.5 Å². The molecule has 1 N–H and O–H groups in total. The SMILES string of the molecule is CC(C)NC(C#N)c1cc(F)c(F)c(F)c1. The Morgan fingerprint density at radius 1 is 1.19 bits per heavy atom. The molecule has 0 aliphatic heterocycles. The first kappa shape index (κ1) is 12.5. The lowest BCUT2D eigenvalue weighted by Gasteiger charge is -2.15. The van der Waals surface area contributed by atoms with Crippen LogP contribution in [0.4, 0.5) is 13.2 Å². The highest BCUT2D eigenvalue weighted by atomic mass is 19.2. The van der Waals surface area contributed by atoms with E-state index in [9.17, 15) is 13.2 Å². The Morgan fingerprint density at radius 3 is 2.06 bits per heavy atom. The maximum atomic E-state index is 12.9. The second-order valence-electron chi connectivity index (χ2n) is 3.68. The van der Waals surface area contributed by atoms with E-state index < -0.39 is 23.5 Å². The molecule has 0 saturated heterocycles. The van der Waals surface area contributed by atoms with Crippen molar-refractivity contribution in [2.75, 3.05) is 0 Å². The number of nitriles is 1. The molecule has 2 nitrogen and oxygen atoms in total. The zero-order valence-corrected chi connectivity index (χ0v) is 8.89. The molecule has 1 rings (SSSR count). The summed E-state index contributed by atoms with van der Waals surface area (Å²) in [5.74, 6) is -4.11. The van der Waals surface area contributed by atoms with Gasteiger partial charge in [-0.2, -0.15) is 5.26 Å². The minimum Gasteiger partial charge on any atom is -0.296 e. The molecule has 1 unspecified atom stereocenters. The van der Waals surface area contributed by atoms with Crippen LogP contribution in [-0.2, 0) is 0 Å². The topological polar surface area (TPSA) is 35.8 Å². The summed E-state index contributed by atoms with van der Waals surface area (Å²) in [5.41, 5.74) is 0.0765. The number of nitrogens with zero attached hydrogens (tertiary/aromatic N) is 1. The fraction of sp³-hybridized carbons (Fsp3) is 0.364. The average Bonchev–Trinajstić information content (AvgIpc) is 2.21. The van der Waals surface area contributed by atoms with Gasteiger partial charge in [0, 0.05) is 6.04 Å². The van der Waals surface area contributed by atoms with Crippen molar-refractivity contribution in [2.45, 2.75) is 25.9 Å². The molecule has 1 aromatic rings. The van der Waals surface area contributed by atoms with Gasteiger partial charge >= 0.3 is 0 Å². The van der Waals surface area contributed by atoms with Crippen LogP contribution in [0.15, 0.2) is 12.1 Å². The van der Waals surface area contributed by atoms with E-state index in [1.54, 1.807) is 13.8 Å². The number of hydrogen-bond acceptors (Lipinski definition) is 2. The first-order valence-electron chi connectivity index (χ1n) is 4.75. The number of halogens is 3. The van der Waals surface area contributed by atoms with Crippen molar-refractivity contribution in [3.05, 3.63) is 35.1 Å². The predicted molar refractivity (Wildman–Crippen MR) is 52.9 cm³/mol. The summed E-state index contributed by atoms with van der Waals surface area (Å²) < 4.78 is 38.5. The zero-order chi connectivity index (χ0) is 12.3. The maximum absolute atomic E-state index is 12.9. The van der Waals surface area contributed by atoms with Crippen LogP contribution in [0.5, 0.6) is 0 Å². The van der Waals surface area contributed by atoms with Gasteiger partial charge in [-0.1, -0.05) is 0 Å². The van der Waals surface area contributed by atoms with Crippen molar-refractivity contribution >= 4 is 0 Å². The average molecular weight is 228 g/mol. The Morgan fingerprint density at radius 2 is 1.69 bits per heavy atom. The molecular weight excluding hydrogens is 217 g/mol. The summed E-state index contributed by atoms with van der Waals surface area (Å²) in [4.78, 5) is 0. The molecule has 0 heterocycles. The second-order valence-corrected chi connectivity index (χ2v) is 3.68. The van der Waals surface area contributed by atoms with E-state index in [0.717, 1.165) is 12.1 Å². The molecule has 0 fully saturated rings. The van der Waals surface area contributed by atoms with Crippen molar-refractivity contribution in [1.82, 2.24) is 5.32 Å². The van der Waals surface area contributed by atoms with Crippen LogP contribution in [-0.4, -0.2) is 6.04 Å². The molecule has 0 aromatic heterocycles. The van der Waals surface area contributed by atoms with Gasteiger partial charge in [0.15, 0.2) is 17.5 Å². The van der Waals surface area contributed by atoms with E-state index in [2.05, 4.69) is 5.32 Å². The molecule has 16 heavy (non-hydrogen) atoms. The summed E-state index contributed by atoms with van der Waals surface area (Å²) in [7, 11) is 0. The van der Waals surface area contributed by atoms with Gasteiger partial charge in [0.2, 0.25) is 0 Å². The Kier molecular flexibility index (Phi) is 3.91. The largest absolute Gasteiger partial charge is 0.296 e. The summed E-state index contributed by atoms with van der Waals surface area (Å²) in [6.07, 6.45) is 0. The van der Waals surface area contributed by atoms with E-state index in [1.165, 1.54) is 0 Å². The minimum absolute atomic E-state index is 0.0270. The van der Waals surface area contributed by atoms with Gasteiger partial charge in [0.1, 0.15) is 6.04 Å². The predicted octanol–water partition coefficient (Wildman–Crippen LogP) is 2.67. The molecule has 1 aromatic carbocycles. The van der Waals surface area contributed by atoms with Gasteiger partial charge < -0.3 is 0 Å². The normalized spacial score (nSPS) is 12.6. The third kappa shape index (κ3) is 2.74. The van der Waals surface area contributed by atoms with Crippen LogP contribution >= 0.6 is 0 Å². The van der Waals surface area contributed by atoms with Gasteiger partial charge in [-0.25, -0.2) is 13.2 Å². The molecule has 86 valence electrons. The first-order valence-corrected chi connectivity index (χ1v) is 4.75. The molecule has 0 spiro atoms. The summed E-state index contributed by atoms with van der Waals surface area (Å²) in [5, 5.41) is 11.6. The second kappa shape index (κ2) is 4.99. The van der Waals surface area contributed by atoms with Crippen molar-refractivity contribution in [2.24, 2.45) is 0 Å². The molecule has 0 aliphatic rings. The van der Waals surface area contributed by atoms with Gasteiger partial charge in [0.05, 0.1) is 6.07 Å². The number of benzene rings is 1. The minimum atomic E-state index is -1.52. The highest BCUT2D eigenvalue weighted by Crippen LogP contribution is 2.19. The molecular formula is C11H11F3N2. The summed E-state index contributed by atoms with van der Waals surface area (Å²) in [6, 6.07) is 2.62. The Balaban J connectivity index is 3.08. The standard InChI is InChI=1S/C11H11F3N2/c1-6(2)16-10(5-15)7-3-8(12)11(14)9(13)4-7/h3-4,6,10,16H,1-2H3. The van der Waals surface area contributed by atoms with E-state index in [1.807, 2.05) is 6.07 Å². The first-order chi connectivity index (χ1) is 7.45. The van der Waals surface area contributed by atoms with Crippen LogP contribution < -0.4 is 5.32 Å². The quantitative estimate of drug-likeness (QED) is 0.807. The lowest BCUT2D eigenvalue weighted by molar-refractivity contribution is 0.441. The van der Waals surface area contributed by atoms with Crippen LogP contribution in [0.3, 0.4) is 0 Å². The molecule has 0 bridgehead atoms. The van der Waals surface area contributed by atoms with Gasteiger partial charge in [-0.15, -0.1) is 0 Å². The Labute approximate surface area is 91.7 Å². The highest BCUT2D eigenvalue weighted by Gasteiger charge is 2.17. The molecule has 5 heteroatoms. The lowest BCUT2D eigenvalue weighted by atomic mass is 10.1. The van der Waals surface area contributed by atoms with E-state index in [-0.39, 0.29) is 11.6 Å². The van der Waals surface area contributed by atoms with E-state index in [0.29, 0.717) is 0 Å². The zero-order valence-electron chi connectivity index (χ0n) is 8.89. The molecule has 1 atom stereocenters. The monoisotopic (exact) mass is 228 g/mol. The smallest absolute Gasteiger partial charge is 0.194 e. The van der Waals surface area contributed by atoms with E-state index in [4.69, 9.17) is 5.26 Å². The van der Waals surface area contributed by atoms with Crippen molar-refractivity contribution in [3.8, 4) is 6.07 Å². The number of hydrogen-bond donors (Lipinski definition) is 1. The Bertz CT molecular complexity index is 401.